The molecule has 1 aromatic rings. The van der Waals surface area contributed by atoms with Gasteiger partial charge in [0.2, 0.25) is 0 Å². The molecule has 0 saturated carbocycles. The van der Waals surface area contributed by atoms with E-state index in [9.17, 15) is 14.7 Å². The van der Waals surface area contributed by atoms with Crippen molar-refractivity contribution in [2.75, 3.05) is 6.61 Å². The molecular weight excluding hydrogens is 292 g/mol. The van der Waals surface area contributed by atoms with Crippen molar-refractivity contribution in [3.05, 3.63) is 34.4 Å². The fraction of sp³-hybridized carbons (Fsp3) is 0.579. The van der Waals surface area contributed by atoms with Gasteiger partial charge in [-0.25, -0.2) is 9.59 Å². The first-order valence-corrected chi connectivity index (χ1v) is 8.61. The fourth-order valence-electron chi connectivity index (χ4n) is 2.61. The van der Waals surface area contributed by atoms with Gasteiger partial charge in [0.1, 0.15) is 0 Å². The van der Waals surface area contributed by atoms with Crippen molar-refractivity contribution in [2.45, 2.75) is 65.7 Å². The zero-order chi connectivity index (χ0) is 17.2. The van der Waals surface area contributed by atoms with Gasteiger partial charge in [-0.15, -0.1) is 0 Å². The highest BCUT2D eigenvalue weighted by molar-refractivity contribution is 6.03. The summed E-state index contributed by atoms with van der Waals surface area (Å²) < 4.78 is 5.25. The molecule has 0 amide bonds. The van der Waals surface area contributed by atoms with E-state index in [2.05, 4.69) is 13.8 Å². The first-order chi connectivity index (χ1) is 11.1. The van der Waals surface area contributed by atoms with Crippen molar-refractivity contribution < 1.29 is 19.4 Å². The molecule has 0 atom stereocenters. The molecule has 0 heterocycles. The van der Waals surface area contributed by atoms with Gasteiger partial charge in [0.05, 0.1) is 17.7 Å². The van der Waals surface area contributed by atoms with E-state index in [-0.39, 0.29) is 11.1 Å². The molecule has 0 fully saturated rings. The lowest BCUT2D eigenvalue weighted by molar-refractivity contribution is 0.0493. The Labute approximate surface area is 138 Å². The predicted octanol–water partition coefficient (Wildman–Crippen LogP) is 4.64. The van der Waals surface area contributed by atoms with E-state index < -0.39 is 11.9 Å². The molecule has 0 aromatic heterocycles. The third-order valence-corrected chi connectivity index (χ3v) is 3.86. The van der Waals surface area contributed by atoms with E-state index in [1.807, 2.05) is 13.0 Å². The van der Waals surface area contributed by atoms with Gasteiger partial charge < -0.3 is 9.84 Å². The number of hydrogen-bond donors (Lipinski definition) is 1. The summed E-state index contributed by atoms with van der Waals surface area (Å²) >= 11 is 0. The van der Waals surface area contributed by atoms with Crippen molar-refractivity contribution in [3.63, 3.8) is 0 Å². The highest BCUT2D eigenvalue weighted by Crippen LogP contribution is 2.25. The van der Waals surface area contributed by atoms with E-state index in [1.54, 1.807) is 6.07 Å². The second kappa shape index (κ2) is 10.0. The van der Waals surface area contributed by atoms with E-state index in [4.69, 9.17) is 4.74 Å². The Kier molecular flexibility index (Phi) is 8.38. The molecule has 1 rings (SSSR count). The van der Waals surface area contributed by atoms with Gasteiger partial charge in [-0.05, 0) is 49.3 Å². The Bertz CT molecular complexity index is 534. The third-order valence-electron chi connectivity index (χ3n) is 3.86. The summed E-state index contributed by atoms with van der Waals surface area (Å²) in [5.74, 6) is -1.58. The molecule has 1 N–H and O–H groups in total. The van der Waals surface area contributed by atoms with Crippen LogP contribution in [0, 0.1) is 0 Å². The first-order valence-electron chi connectivity index (χ1n) is 8.61. The summed E-state index contributed by atoms with van der Waals surface area (Å²) in [6.45, 7) is 6.43. The van der Waals surface area contributed by atoms with Crippen LogP contribution in [-0.2, 0) is 17.6 Å². The monoisotopic (exact) mass is 320 g/mol. The van der Waals surface area contributed by atoms with Crippen LogP contribution in [0.4, 0.5) is 0 Å². The Morgan fingerprint density at radius 1 is 1.00 bits per heavy atom. The molecule has 0 radical (unpaired) electrons. The molecule has 0 aliphatic heterocycles. The first kappa shape index (κ1) is 19.2. The van der Waals surface area contributed by atoms with Crippen molar-refractivity contribution in [3.8, 4) is 0 Å². The molecule has 0 spiro atoms. The number of esters is 1. The average molecular weight is 320 g/mol. The average Bonchev–Trinajstić information content (AvgIpc) is 2.55. The lowest BCUT2D eigenvalue weighted by Gasteiger charge is -2.16. The summed E-state index contributed by atoms with van der Waals surface area (Å²) in [7, 11) is 0. The minimum Gasteiger partial charge on any atom is -0.478 e. The Morgan fingerprint density at radius 3 is 2.22 bits per heavy atom. The lowest BCUT2D eigenvalue weighted by atomic mass is 9.90. The molecule has 0 saturated heterocycles. The molecule has 0 unspecified atom stereocenters. The zero-order valence-electron chi connectivity index (χ0n) is 14.5. The maximum absolute atomic E-state index is 12.5. The second-order valence-electron chi connectivity index (χ2n) is 5.77. The molecule has 0 aliphatic carbocycles. The highest BCUT2D eigenvalue weighted by Gasteiger charge is 2.23. The molecule has 4 heteroatoms. The number of ether oxygens (including phenoxy) is 1. The summed E-state index contributed by atoms with van der Waals surface area (Å²) in [5, 5.41) is 9.45. The molecule has 23 heavy (non-hydrogen) atoms. The van der Waals surface area contributed by atoms with Gasteiger partial charge in [-0.1, -0.05) is 39.7 Å². The van der Waals surface area contributed by atoms with Crippen LogP contribution in [0.5, 0.6) is 0 Å². The predicted molar refractivity (Wildman–Crippen MR) is 91.2 cm³/mol. The molecular formula is C19H28O4. The minimum absolute atomic E-state index is 0.0532. The molecule has 1 aromatic carbocycles. The van der Waals surface area contributed by atoms with Gasteiger partial charge in [0.15, 0.2) is 0 Å². The molecule has 0 aliphatic rings. The number of rotatable bonds is 10. The van der Waals surface area contributed by atoms with Crippen molar-refractivity contribution in [2.24, 2.45) is 0 Å². The van der Waals surface area contributed by atoms with E-state index in [0.29, 0.717) is 19.4 Å². The Hall–Kier alpha value is -1.84. The molecule has 0 bridgehead atoms. The van der Waals surface area contributed by atoms with Crippen LogP contribution in [-0.4, -0.2) is 23.7 Å². The number of carboxylic acids is 1. The van der Waals surface area contributed by atoms with Crippen molar-refractivity contribution in [1.82, 2.24) is 0 Å². The smallest absolute Gasteiger partial charge is 0.339 e. The quantitative estimate of drug-likeness (QED) is 0.638. The fourth-order valence-corrected chi connectivity index (χ4v) is 2.61. The summed E-state index contributed by atoms with van der Waals surface area (Å²) in [6, 6.07) is 3.41. The number of carbonyl (C=O) groups excluding carboxylic acids is 1. The lowest BCUT2D eigenvalue weighted by Crippen LogP contribution is -2.17. The number of carboxylic acid groups (broad SMARTS) is 1. The Balaban J connectivity index is 3.35. The van der Waals surface area contributed by atoms with Crippen LogP contribution in [0.3, 0.4) is 0 Å². The number of hydrogen-bond acceptors (Lipinski definition) is 3. The van der Waals surface area contributed by atoms with Crippen LogP contribution < -0.4 is 0 Å². The van der Waals surface area contributed by atoms with Gasteiger partial charge in [0.25, 0.3) is 0 Å². The number of aromatic carboxylic acids is 1. The van der Waals surface area contributed by atoms with Gasteiger partial charge >= 0.3 is 11.9 Å². The normalized spacial score (nSPS) is 10.6. The van der Waals surface area contributed by atoms with Gasteiger partial charge in [-0.3, -0.25) is 0 Å². The summed E-state index contributed by atoms with van der Waals surface area (Å²) in [5.41, 5.74) is 2.25. The van der Waals surface area contributed by atoms with Crippen molar-refractivity contribution >= 4 is 11.9 Å². The van der Waals surface area contributed by atoms with Crippen molar-refractivity contribution in [1.29, 1.82) is 0 Å². The van der Waals surface area contributed by atoms with Gasteiger partial charge in [-0.2, -0.15) is 0 Å². The highest BCUT2D eigenvalue weighted by atomic mass is 16.5. The van der Waals surface area contributed by atoms with Crippen LogP contribution in [0.2, 0.25) is 0 Å². The van der Waals surface area contributed by atoms with Crippen LogP contribution in [0.15, 0.2) is 12.1 Å². The third kappa shape index (κ3) is 5.38. The largest absolute Gasteiger partial charge is 0.478 e. The molecule has 4 nitrogen and oxygen atoms in total. The number of aryl methyl sites for hydroxylation is 1. The number of benzene rings is 1. The number of carbonyl (C=O) groups is 2. The van der Waals surface area contributed by atoms with Crippen LogP contribution >= 0.6 is 0 Å². The number of unbranched alkanes of at least 4 members (excludes halogenated alkanes) is 2. The van der Waals surface area contributed by atoms with Crippen LogP contribution in [0.25, 0.3) is 0 Å². The Morgan fingerprint density at radius 2 is 1.65 bits per heavy atom. The van der Waals surface area contributed by atoms with E-state index in [0.717, 1.165) is 43.2 Å². The topological polar surface area (TPSA) is 63.6 Å². The van der Waals surface area contributed by atoms with E-state index >= 15 is 0 Å². The van der Waals surface area contributed by atoms with Gasteiger partial charge in [0, 0.05) is 0 Å². The second-order valence-corrected chi connectivity index (χ2v) is 5.77. The van der Waals surface area contributed by atoms with E-state index in [1.165, 1.54) is 0 Å². The minimum atomic E-state index is -1.08. The van der Waals surface area contributed by atoms with Crippen LogP contribution in [0.1, 0.15) is 84.7 Å². The zero-order valence-corrected chi connectivity index (χ0v) is 14.5. The summed E-state index contributed by atoms with van der Waals surface area (Å²) in [6.07, 6.45) is 6.30. The standard InChI is InChI=1S/C19H28O4/c1-4-7-9-14-11-12-16(18(20)21)17(15(14)10-8-5-2)19(22)23-13-6-3/h11-12H,4-10,13H2,1-3H3,(H,20,21). The molecule has 128 valence electrons. The maximum Gasteiger partial charge on any atom is 0.339 e. The SMILES string of the molecule is CCCCc1ccc(C(=O)O)c(C(=O)OCCC)c1CCCC. The summed E-state index contributed by atoms with van der Waals surface area (Å²) in [4.78, 5) is 24.0. The maximum atomic E-state index is 12.5.